The number of benzene rings is 2. The zero-order valence-electron chi connectivity index (χ0n) is 15.2. The van der Waals surface area contributed by atoms with E-state index < -0.39 is 0 Å². The molecule has 0 saturated carbocycles. The Morgan fingerprint density at radius 2 is 1.86 bits per heavy atom. The van der Waals surface area contributed by atoms with Crippen molar-refractivity contribution in [3.05, 3.63) is 82.7 Å². The van der Waals surface area contributed by atoms with E-state index in [0.717, 1.165) is 17.7 Å². The largest absolute Gasteiger partial charge is 0.457 e. The molecule has 1 saturated heterocycles. The minimum absolute atomic E-state index is 0.146. The minimum atomic E-state index is -0.292. The van der Waals surface area contributed by atoms with Gasteiger partial charge in [-0.25, -0.2) is 4.39 Å². The van der Waals surface area contributed by atoms with E-state index in [-0.39, 0.29) is 17.2 Å². The minimum Gasteiger partial charge on any atom is -0.457 e. The van der Waals surface area contributed by atoms with Gasteiger partial charge in [0.05, 0.1) is 4.91 Å². The number of carbonyl (C=O) groups is 1. The van der Waals surface area contributed by atoms with Crippen LogP contribution >= 0.6 is 11.8 Å². The van der Waals surface area contributed by atoms with Gasteiger partial charge in [-0.05, 0) is 60.5 Å². The summed E-state index contributed by atoms with van der Waals surface area (Å²) < 4.78 is 18.8. The monoisotopic (exact) mass is 394 g/mol. The van der Waals surface area contributed by atoms with Crippen LogP contribution in [-0.2, 0) is 11.2 Å². The Bertz CT molecular complexity index is 1010. The molecule has 0 radical (unpaired) electrons. The Balaban J connectivity index is 1.45. The van der Waals surface area contributed by atoms with Crippen LogP contribution in [0.1, 0.15) is 18.2 Å². The zero-order valence-corrected chi connectivity index (χ0v) is 16.1. The standard InChI is InChI=1S/C22H19FN2O2S/c1-2-14-3-9-17(10-4-14)24-22-25-21(26)20(28-22)13-18-11-12-19(27-18)15-5-7-16(23)8-6-15/h3-13,22,24H,2H2,1H3,(H,25,26)/b20-13-/t22-/m1/s1. The maximum atomic E-state index is 13.1. The summed E-state index contributed by atoms with van der Waals surface area (Å²) in [5.41, 5.74) is 2.76. The summed E-state index contributed by atoms with van der Waals surface area (Å²) in [5.74, 6) is 0.762. The first-order valence-corrected chi connectivity index (χ1v) is 9.89. The fourth-order valence-electron chi connectivity index (χ4n) is 2.88. The molecule has 4 nitrogen and oxygen atoms in total. The molecule has 0 bridgehead atoms. The predicted octanol–water partition coefficient (Wildman–Crippen LogP) is 5.25. The summed E-state index contributed by atoms with van der Waals surface area (Å²) in [6.45, 7) is 2.11. The summed E-state index contributed by atoms with van der Waals surface area (Å²) >= 11 is 1.41. The first-order chi connectivity index (χ1) is 13.6. The number of halogens is 1. The van der Waals surface area contributed by atoms with Crippen molar-refractivity contribution in [2.45, 2.75) is 18.8 Å². The van der Waals surface area contributed by atoms with E-state index in [2.05, 4.69) is 29.7 Å². The lowest BCUT2D eigenvalue weighted by molar-refractivity contribution is -0.116. The van der Waals surface area contributed by atoms with Gasteiger partial charge < -0.3 is 15.1 Å². The SMILES string of the molecule is CCc1ccc(N[C@@H]2NC(=O)/C(=C/c3ccc(-c4ccc(F)cc4)o3)S2)cc1. The highest BCUT2D eigenvalue weighted by Gasteiger charge is 2.27. The molecule has 4 rings (SSSR count). The van der Waals surface area contributed by atoms with Crippen LogP contribution in [0.4, 0.5) is 10.1 Å². The smallest absolute Gasteiger partial charge is 0.260 e. The molecule has 0 aliphatic carbocycles. The molecule has 28 heavy (non-hydrogen) atoms. The van der Waals surface area contributed by atoms with Crippen molar-refractivity contribution >= 4 is 29.4 Å². The number of anilines is 1. The van der Waals surface area contributed by atoms with Crippen molar-refractivity contribution in [1.29, 1.82) is 0 Å². The topological polar surface area (TPSA) is 54.3 Å². The summed E-state index contributed by atoms with van der Waals surface area (Å²) in [4.78, 5) is 12.8. The van der Waals surface area contributed by atoms with Crippen molar-refractivity contribution < 1.29 is 13.6 Å². The fraction of sp³-hybridized carbons (Fsp3) is 0.136. The zero-order chi connectivity index (χ0) is 19.5. The Morgan fingerprint density at radius 1 is 1.11 bits per heavy atom. The average Bonchev–Trinajstić information content (AvgIpc) is 3.30. The molecule has 1 aliphatic heterocycles. The van der Waals surface area contributed by atoms with Crippen LogP contribution in [0.25, 0.3) is 17.4 Å². The highest BCUT2D eigenvalue weighted by Crippen LogP contribution is 2.31. The molecule has 2 aromatic carbocycles. The number of furan rings is 1. The average molecular weight is 394 g/mol. The third-order valence-corrected chi connectivity index (χ3v) is 5.45. The van der Waals surface area contributed by atoms with Crippen molar-refractivity contribution in [2.75, 3.05) is 5.32 Å². The van der Waals surface area contributed by atoms with E-state index in [4.69, 9.17) is 4.42 Å². The molecule has 0 spiro atoms. The number of nitrogens with one attached hydrogen (secondary N) is 2. The lowest BCUT2D eigenvalue weighted by Gasteiger charge is -2.12. The second-order valence-electron chi connectivity index (χ2n) is 6.38. The maximum Gasteiger partial charge on any atom is 0.260 e. The summed E-state index contributed by atoms with van der Waals surface area (Å²) in [6, 6.07) is 17.9. The number of thioether (sulfide) groups is 1. The van der Waals surface area contributed by atoms with Gasteiger partial charge in [-0.2, -0.15) is 0 Å². The third-order valence-electron chi connectivity index (χ3n) is 4.42. The molecule has 3 aromatic rings. The van der Waals surface area contributed by atoms with E-state index >= 15 is 0 Å². The van der Waals surface area contributed by atoms with Gasteiger partial charge in [0.25, 0.3) is 5.91 Å². The van der Waals surface area contributed by atoms with Gasteiger partial charge in [-0.1, -0.05) is 30.8 Å². The first-order valence-electron chi connectivity index (χ1n) is 9.01. The summed E-state index contributed by atoms with van der Waals surface area (Å²) in [6.07, 6.45) is 2.71. The Labute approximate surface area is 166 Å². The molecule has 1 aromatic heterocycles. The van der Waals surface area contributed by atoms with Crippen molar-refractivity contribution in [2.24, 2.45) is 0 Å². The van der Waals surface area contributed by atoms with Crippen molar-refractivity contribution in [1.82, 2.24) is 5.32 Å². The van der Waals surface area contributed by atoms with Crippen LogP contribution in [-0.4, -0.2) is 11.4 Å². The van der Waals surface area contributed by atoms with E-state index in [1.54, 1.807) is 24.3 Å². The van der Waals surface area contributed by atoms with Gasteiger partial charge in [0.1, 0.15) is 17.3 Å². The number of rotatable bonds is 5. The van der Waals surface area contributed by atoms with E-state index in [1.807, 2.05) is 18.2 Å². The third kappa shape index (κ3) is 4.12. The van der Waals surface area contributed by atoms with E-state index in [9.17, 15) is 9.18 Å². The van der Waals surface area contributed by atoms with Gasteiger partial charge in [0, 0.05) is 17.3 Å². The summed E-state index contributed by atoms with van der Waals surface area (Å²) in [7, 11) is 0. The number of carbonyl (C=O) groups excluding carboxylic acids is 1. The molecule has 1 aliphatic rings. The quantitative estimate of drug-likeness (QED) is 0.581. The Hall–Kier alpha value is -2.99. The molecular formula is C22H19FN2O2S. The Kier molecular flexibility index (Phi) is 5.21. The number of hydrogen-bond donors (Lipinski definition) is 2. The molecule has 142 valence electrons. The lowest BCUT2D eigenvalue weighted by Crippen LogP contribution is -2.30. The molecule has 1 fully saturated rings. The van der Waals surface area contributed by atoms with Crippen LogP contribution in [0.3, 0.4) is 0 Å². The molecule has 2 heterocycles. The van der Waals surface area contributed by atoms with E-state index in [0.29, 0.717) is 16.4 Å². The lowest BCUT2D eigenvalue weighted by atomic mass is 10.1. The number of hydrogen-bond acceptors (Lipinski definition) is 4. The summed E-state index contributed by atoms with van der Waals surface area (Å²) in [5, 5.41) is 6.21. The van der Waals surface area contributed by atoms with Gasteiger partial charge in [-0.15, -0.1) is 0 Å². The normalized spacial score (nSPS) is 17.7. The molecule has 1 atom stereocenters. The van der Waals surface area contributed by atoms with Gasteiger partial charge in [0.15, 0.2) is 5.50 Å². The molecule has 1 amide bonds. The van der Waals surface area contributed by atoms with Crippen LogP contribution in [0, 0.1) is 5.82 Å². The molecular weight excluding hydrogens is 375 g/mol. The number of amides is 1. The number of aryl methyl sites for hydroxylation is 1. The van der Waals surface area contributed by atoms with E-state index in [1.165, 1.54) is 29.5 Å². The highest BCUT2D eigenvalue weighted by molar-refractivity contribution is 8.05. The predicted molar refractivity (Wildman–Crippen MR) is 111 cm³/mol. The van der Waals surface area contributed by atoms with Crippen LogP contribution in [0.15, 0.2) is 70.0 Å². The Morgan fingerprint density at radius 3 is 2.57 bits per heavy atom. The first kappa shape index (κ1) is 18.4. The van der Waals surface area contributed by atoms with Gasteiger partial charge in [-0.3, -0.25) is 4.79 Å². The highest BCUT2D eigenvalue weighted by atomic mass is 32.2. The molecule has 0 unspecified atom stereocenters. The second kappa shape index (κ2) is 7.94. The van der Waals surface area contributed by atoms with Crippen LogP contribution in [0.2, 0.25) is 0 Å². The fourth-order valence-corrected chi connectivity index (χ4v) is 3.85. The van der Waals surface area contributed by atoms with Crippen LogP contribution < -0.4 is 10.6 Å². The van der Waals surface area contributed by atoms with Gasteiger partial charge >= 0.3 is 0 Å². The second-order valence-corrected chi connectivity index (χ2v) is 7.53. The van der Waals surface area contributed by atoms with Crippen molar-refractivity contribution in [3.63, 3.8) is 0 Å². The van der Waals surface area contributed by atoms with Crippen LogP contribution in [0.5, 0.6) is 0 Å². The molecule has 2 N–H and O–H groups in total. The van der Waals surface area contributed by atoms with Crippen molar-refractivity contribution in [3.8, 4) is 11.3 Å². The van der Waals surface area contributed by atoms with Gasteiger partial charge in [0.2, 0.25) is 0 Å². The maximum absolute atomic E-state index is 13.1. The molecule has 6 heteroatoms.